The van der Waals surface area contributed by atoms with Crippen LogP contribution in [0.25, 0.3) is 11.1 Å². The molecule has 2 aromatic carbocycles. The molecule has 2 N–H and O–H groups in total. The Labute approximate surface area is 115 Å². The van der Waals surface area contributed by atoms with Crippen LogP contribution >= 0.6 is 0 Å². The maximum Gasteiger partial charge on any atom is 0.339 e. The van der Waals surface area contributed by atoms with Gasteiger partial charge in [-0.1, -0.05) is 12.1 Å². The molecule has 5 heteroatoms. The lowest BCUT2D eigenvalue weighted by Gasteiger charge is -2.08. The van der Waals surface area contributed by atoms with Crippen LogP contribution in [-0.2, 0) is 4.74 Å². The summed E-state index contributed by atoms with van der Waals surface area (Å²) < 4.78 is 15.3. The van der Waals surface area contributed by atoms with Gasteiger partial charge in [0.15, 0.2) is 11.5 Å². The van der Waals surface area contributed by atoms with Gasteiger partial charge in [0.1, 0.15) is 0 Å². The molecule has 2 aromatic rings. The van der Waals surface area contributed by atoms with Gasteiger partial charge in [0, 0.05) is 5.69 Å². The molecule has 102 valence electrons. The molecule has 0 atom stereocenters. The number of methoxy groups -OCH3 is 1. The first-order chi connectivity index (χ1) is 9.69. The average molecular weight is 271 g/mol. The van der Waals surface area contributed by atoms with E-state index in [0.29, 0.717) is 17.0 Å². The second kappa shape index (κ2) is 4.77. The molecule has 0 saturated carbocycles. The number of fused-ring (bicyclic) bond motifs is 1. The predicted octanol–water partition coefficient (Wildman–Crippen LogP) is 2.45. The van der Waals surface area contributed by atoms with Crippen LogP contribution in [0.2, 0.25) is 0 Å². The van der Waals surface area contributed by atoms with Gasteiger partial charge in [-0.25, -0.2) is 4.79 Å². The van der Waals surface area contributed by atoms with Crippen molar-refractivity contribution in [1.82, 2.24) is 0 Å². The van der Waals surface area contributed by atoms with E-state index in [2.05, 4.69) is 4.74 Å². The molecule has 0 spiro atoms. The molecule has 0 amide bonds. The maximum atomic E-state index is 11.5. The smallest absolute Gasteiger partial charge is 0.339 e. The summed E-state index contributed by atoms with van der Waals surface area (Å²) in [4.78, 5) is 11.5. The molecule has 1 aliphatic heterocycles. The van der Waals surface area contributed by atoms with Crippen LogP contribution in [0.15, 0.2) is 36.4 Å². The van der Waals surface area contributed by atoms with Crippen LogP contribution in [0.4, 0.5) is 5.69 Å². The molecule has 1 heterocycles. The van der Waals surface area contributed by atoms with Crippen molar-refractivity contribution in [2.24, 2.45) is 0 Å². The van der Waals surface area contributed by atoms with E-state index in [1.807, 2.05) is 24.3 Å². The standard InChI is InChI=1S/C15H13NO4/c1-18-15(17)11-4-2-9(6-12(11)16)10-3-5-13-14(7-10)20-8-19-13/h2-7H,8,16H2,1H3. The van der Waals surface area contributed by atoms with Crippen molar-refractivity contribution in [3.8, 4) is 22.6 Å². The van der Waals surface area contributed by atoms with Gasteiger partial charge in [-0.3, -0.25) is 0 Å². The monoisotopic (exact) mass is 271 g/mol. The Morgan fingerprint density at radius 3 is 2.55 bits per heavy atom. The Kier molecular flexibility index (Phi) is 2.95. The third kappa shape index (κ3) is 2.03. The minimum atomic E-state index is -0.445. The van der Waals surface area contributed by atoms with Gasteiger partial charge in [-0.2, -0.15) is 0 Å². The highest BCUT2D eigenvalue weighted by atomic mass is 16.7. The van der Waals surface area contributed by atoms with E-state index in [1.165, 1.54) is 7.11 Å². The number of nitrogens with two attached hydrogens (primary N) is 1. The average Bonchev–Trinajstić information content (AvgIpc) is 2.93. The number of carbonyl (C=O) groups excluding carboxylic acids is 1. The number of carbonyl (C=O) groups is 1. The molecule has 0 aromatic heterocycles. The molecule has 0 aliphatic carbocycles. The molecule has 20 heavy (non-hydrogen) atoms. The predicted molar refractivity (Wildman–Crippen MR) is 73.8 cm³/mol. The molecular weight excluding hydrogens is 258 g/mol. The van der Waals surface area contributed by atoms with Crippen molar-refractivity contribution in [2.45, 2.75) is 0 Å². The fourth-order valence-corrected chi connectivity index (χ4v) is 2.11. The lowest BCUT2D eigenvalue weighted by Crippen LogP contribution is -2.05. The van der Waals surface area contributed by atoms with Crippen molar-refractivity contribution >= 4 is 11.7 Å². The van der Waals surface area contributed by atoms with Crippen molar-refractivity contribution in [3.05, 3.63) is 42.0 Å². The lowest BCUT2D eigenvalue weighted by molar-refractivity contribution is 0.0602. The zero-order valence-electron chi connectivity index (χ0n) is 10.9. The number of hydrogen-bond donors (Lipinski definition) is 1. The number of anilines is 1. The number of esters is 1. The first kappa shape index (κ1) is 12.3. The number of benzene rings is 2. The van der Waals surface area contributed by atoms with E-state index in [9.17, 15) is 4.79 Å². The van der Waals surface area contributed by atoms with Crippen molar-refractivity contribution in [1.29, 1.82) is 0 Å². The Balaban J connectivity index is 1.99. The molecule has 5 nitrogen and oxygen atoms in total. The van der Waals surface area contributed by atoms with Crippen LogP contribution < -0.4 is 15.2 Å². The highest BCUT2D eigenvalue weighted by Crippen LogP contribution is 2.36. The zero-order chi connectivity index (χ0) is 14.1. The minimum absolute atomic E-state index is 0.238. The topological polar surface area (TPSA) is 70.8 Å². The molecule has 0 bridgehead atoms. The Morgan fingerprint density at radius 1 is 1.10 bits per heavy atom. The van der Waals surface area contributed by atoms with E-state index in [4.69, 9.17) is 15.2 Å². The van der Waals surface area contributed by atoms with E-state index in [0.717, 1.165) is 16.9 Å². The summed E-state index contributed by atoms with van der Waals surface area (Å²) in [6, 6.07) is 10.9. The van der Waals surface area contributed by atoms with Gasteiger partial charge in [0.2, 0.25) is 6.79 Å². The Morgan fingerprint density at radius 2 is 1.80 bits per heavy atom. The summed E-state index contributed by atoms with van der Waals surface area (Å²) in [6.07, 6.45) is 0. The van der Waals surface area contributed by atoms with Gasteiger partial charge in [0.05, 0.1) is 12.7 Å². The van der Waals surface area contributed by atoms with Crippen LogP contribution in [0.5, 0.6) is 11.5 Å². The van der Waals surface area contributed by atoms with Crippen LogP contribution in [0.3, 0.4) is 0 Å². The van der Waals surface area contributed by atoms with E-state index < -0.39 is 5.97 Å². The molecule has 0 saturated heterocycles. The van der Waals surface area contributed by atoms with Crippen LogP contribution in [0.1, 0.15) is 10.4 Å². The first-order valence-corrected chi connectivity index (χ1v) is 6.07. The Bertz CT molecular complexity index is 682. The van der Waals surface area contributed by atoms with Crippen LogP contribution in [0, 0.1) is 0 Å². The van der Waals surface area contributed by atoms with Crippen LogP contribution in [-0.4, -0.2) is 19.9 Å². The summed E-state index contributed by atoms with van der Waals surface area (Å²) in [7, 11) is 1.33. The number of hydrogen-bond acceptors (Lipinski definition) is 5. The second-order valence-electron chi connectivity index (χ2n) is 4.36. The lowest BCUT2D eigenvalue weighted by atomic mass is 10.0. The quantitative estimate of drug-likeness (QED) is 0.671. The SMILES string of the molecule is COC(=O)c1ccc(-c2ccc3c(c2)OCO3)cc1N. The molecule has 0 fully saturated rings. The summed E-state index contributed by atoms with van der Waals surface area (Å²) in [5, 5.41) is 0. The van der Waals surface area contributed by atoms with Gasteiger partial charge in [-0.05, 0) is 35.4 Å². The number of rotatable bonds is 2. The summed E-state index contributed by atoms with van der Waals surface area (Å²) >= 11 is 0. The van der Waals surface area contributed by atoms with Gasteiger partial charge < -0.3 is 19.9 Å². The fraction of sp³-hybridized carbons (Fsp3) is 0.133. The Hall–Kier alpha value is -2.69. The normalized spacial score (nSPS) is 12.2. The third-order valence-electron chi connectivity index (χ3n) is 3.16. The van der Waals surface area contributed by atoms with E-state index in [-0.39, 0.29) is 6.79 Å². The van der Waals surface area contributed by atoms with Crippen molar-refractivity contribution < 1.29 is 19.0 Å². The van der Waals surface area contributed by atoms with Gasteiger partial charge >= 0.3 is 5.97 Å². The molecule has 3 rings (SSSR count). The summed E-state index contributed by atoms with van der Waals surface area (Å²) in [5.74, 6) is 0.991. The number of nitrogen functional groups attached to an aromatic ring is 1. The van der Waals surface area contributed by atoms with Gasteiger partial charge in [-0.15, -0.1) is 0 Å². The van der Waals surface area contributed by atoms with E-state index >= 15 is 0 Å². The molecule has 0 unspecified atom stereocenters. The highest BCUT2D eigenvalue weighted by Gasteiger charge is 2.15. The third-order valence-corrected chi connectivity index (χ3v) is 3.16. The second-order valence-corrected chi connectivity index (χ2v) is 4.36. The van der Waals surface area contributed by atoms with E-state index in [1.54, 1.807) is 12.1 Å². The summed E-state index contributed by atoms with van der Waals surface area (Å²) in [6.45, 7) is 0.238. The molecule has 0 radical (unpaired) electrons. The number of ether oxygens (including phenoxy) is 3. The molecule has 1 aliphatic rings. The van der Waals surface area contributed by atoms with Gasteiger partial charge in [0.25, 0.3) is 0 Å². The first-order valence-electron chi connectivity index (χ1n) is 6.07. The van der Waals surface area contributed by atoms with Crippen molar-refractivity contribution in [2.75, 3.05) is 19.6 Å². The fourth-order valence-electron chi connectivity index (χ4n) is 2.11. The zero-order valence-corrected chi connectivity index (χ0v) is 10.9. The maximum absolute atomic E-state index is 11.5. The minimum Gasteiger partial charge on any atom is -0.465 e. The largest absolute Gasteiger partial charge is 0.465 e. The highest BCUT2D eigenvalue weighted by molar-refractivity contribution is 5.96. The van der Waals surface area contributed by atoms with Crippen molar-refractivity contribution in [3.63, 3.8) is 0 Å². The summed E-state index contributed by atoms with van der Waals surface area (Å²) in [5.41, 5.74) is 8.47. The molecular formula is C15H13NO4.